The van der Waals surface area contributed by atoms with E-state index < -0.39 is 5.54 Å². The van der Waals surface area contributed by atoms with E-state index >= 15 is 0 Å². The summed E-state index contributed by atoms with van der Waals surface area (Å²) in [5, 5.41) is 3.17. The molecule has 0 amide bonds. The number of carbonyl (C=O) groups is 1. The second kappa shape index (κ2) is 5.48. The highest BCUT2D eigenvalue weighted by Crippen LogP contribution is 2.35. The van der Waals surface area contributed by atoms with Crippen LogP contribution in [0.5, 0.6) is 11.5 Å². The lowest BCUT2D eigenvalue weighted by molar-refractivity contribution is -0.142. The fourth-order valence-corrected chi connectivity index (χ4v) is 2.08. The Morgan fingerprint density at radius 1 is 1.37 bits per heavy atom. The van der Waals surface area contributed by atoms with Crippen molar-refractivity contribution in [2.24, 2.45) is 0 Å². The van der Waals surface area contributed by atoms with E-state index in [0.717, 1.165) is 17.1 Å². The van der Waals surface area contributed by atoms with Crippen molar-refractivity contribution in [3.05, 3.63) is 23.8 Å². The molecule has 5 nitrogen and oxygen atoms in total. The average molecular weight is 265 g/mol. The molecule has 0 fully saturated rings. The van der Waals surface area contributed by atoms with Crippen LogP contribution in [0.25, 0.3) is 0 Å². The topological polar surface area (TPSA) is 56.8 Å². The third-order valence-electron chi connectivity index (χ3n) is 3.46. The number of fused-ring (bicyclic) bond motifs is 1. The van der Waals surface area contributed by atoms with E-state index in [2.05, 4.69) is 5.32 Å². The molecule has 0 saturated heterocycles. The first-order valence-electron chi connectivity index (χ1n) is 6.25. The van der Waals surface area contributed by atoms with Crippen molar-refractivity contribution in [1.82, 2.24) is 5.32 Å². The lowest BCUT2D eigenvalue weighted by Crippen LogP contribution is -2.39. The zero-order valence-electron chi connectivity index (χ0n) is 11.5. The van der Waals surface area contributed by atoms with Gasteiger partial charge in [-0.2, -0.15) is 0 Å². The van der Waals surface area contributed by atoms with E-state index in [1.54, 1.807) is 0 Å². The number of rotatable bonds is 4. The van der Waals surface area contributed by atoms with Gasteiger partial charge in [0.2, 0.25) is 0 Å². The van der Waals surface area contributed by atoms with Crippen LogP contribution >= 0.6 is 0 Å². The van der Waals surface area contributed by atoms with E-state index in [1.165, 1.54) is 7.11 Å². The summed E-state index contributed by atoms with van der Waals surface area (Å²) < 4.78 is 15.8. The summed E-state index contributed by atoms with van der Waals surface area (Å²) in [5.41, 5.74) is 0.466. The molecule has 0 spiro atoms. The van der Waals surface area contributed by atoms with Crippen molar-refractivity contribution in [3.63, 3.8) is 0 Å². The van der Waals surface area contributed by atoms with E-state index in [1.807, 2.05) is 32.2 Å². The lowest BCUT2D eigenvalue weighted by Gasteiger charge is -2.30. The minimum absolute atomic E-state index is 0.250. The number of methoxy groups -OCH3 is 1. The fourth-order valence-electron chi connectivity index (χ4n) is 2.08. The Labute approximate surface area is 112 Å². The fraction of sp³-hybridized carbons (Fsp3) is 0.500. The first-order valence-corrected chi connectivity index (χ1v) is 6.25. The third-order valence-corrected chi connectivity index (χ3v) is 3.46. The van der Waals surface area contributed by atoms with Crippen molar-refractivity contribution in [2.45, 2.75) is 18.9 Å². The highest BCUT2D eigenvalue weighted by Gasteiger charge is 2.29. The van der Waals surface area contributed by atoms with E-state index in [9.17, 15) is 4.79 Å². The summed E-state index contributed by atoms with van der Waals surface area (Å²) >= 11 is 0. The molecule has 1 N–H and O–H groups in total. The summed E-state index contributed by atoms with van der Waals surface area (Å²) in [5.74, 6) is 1.20. The molecule has 1 unspecified atom stereocenters. The van der Waals surface area contributed by atoms with Crippen LogP contribution in [0.2, 0.25) is 0 Å². The molecule has 2 rings (SSSR count). The second-order valence-electron chi connectivity index (χ2n) is 4.69. The van der Waals surface area contributed by atoms with Crippen LogP contribution in [-0.4, -0.2) is 33.3 Å². The summed E-state index contributed by atoms with van der Waals surface area (Å²) in [6.07, 6.45) is 0.250. The van der Waals surface area contributed by atoms with Gasteiger partial charge >= 0.3 is 5.97 Å². The Kier molecular flexibility index (Phi) is 3.95. The predicted molar refractivity (Wildman–Crippen MR) is 70.5 cm³/mol. The number of carbonyl (C=O) groups excluding carboxylic acids is 1. The predicted octanol–water partition coefficient (Wildman–Crippen LogP) is 1.46. The van der Waals surface area contributed by atoms with Gasteiger partial charge in [0.15, 0.2) is 11.5 Å². The molecule has 1 heterocycles. The third kappa shape index (κ3) is 2.81. The molecule has 5 heteroatoms. The molecule has 0 saturated carbocycles. The van der Waals surface area contributed by atoms with Crippen LogP contribution in [-0.2, 0) is 15.1 Å². The van der Waals surface area contributed by atoms with Crippen molar-refractivity contribution < 1.29 is 19.0 Å². The Morgan fingerprint density at radius 2 is 2.05 bits per heavy atom. The van der Waals surface area contributed by atoms with Gasteiger partial charge in [-0.15, -0.1) is 0 Å². The van der Waals surface area contributed by atoms with Crippen molar-refractivity contribution in [1.29, 1.82) is 0 Å². The molecular formula is C14H19NO4. The lowest BCUT2D eigenvalue weighted by atomic mass is 9.88. The first kappa shape index (κ1) is 13.7. The molecule has 0 aliphatic carbocycles. The zero-order chi connectivity index (χ0) is 13.9. The summed E-state index contributed by atoms with van der Waals surface area (Å²) in [6, 6.07) is 5.72. The van der Waals surface area contributed by atoms with Gasteiger partial charge < -0.3 is 19.5 Å². The maximum atomic E-state index is 11.5. The number of hydrogen-bond acceptors (Lipinski definition) is 5. The molecule has 1 aliphatic rings. The molecule has 1 aromatic rings. The minimum atomic E-state index is -0.497. The van der Waals surface area contributed by atoms with E-state index in [4.69, 9.17) is 14.2 Å². The van der Waals surface area contributed by atoms with Crippen molar-refractivity contribution in [3.8, 4) is 11.5 Å². The van der Waals surface area contributed by atoms with Gasteiger partial charge in [0.1, 0.15) is 13.2 Å². The molecule has 104 valence electrons. The molecule has 0 aromatic heterocycles. The van der Waals surface area contributed by atoms with Gasteiger partial charge in [-0.3, -0.25) is 4.79 Å². The summed E-state index contributed by atoms with van der Waals surface area (Å²) in [4.78, 5) is 11.5. The molecule has 19 heavy (non-hydrogen) atoms. The normalized spacial score (nSPS) is 16.6. The van der Waals surface area contributed by atoms with Crippen LogP contribution in [0.15, 0.2) is 18.2 Å². The summed E-state index contributed by atoms with van der Waals surface area (Å²) in [6.45, 7) is 3.07. The number of ether oxygens (including phenoxy) is 3. The van der Waals surface area contributed by atoms with Crippen molar-refractivity contribution in [2.75, 3.05) is 27.4 Å². The number of nitrogens with one attached hydrogen (secondary N) is 1. The van der Waals surface area contributed by atoms with Crippen LogP contribution in [0.1, 0.15) is 18.9 Å². The van der Waals surface area contributed by atoms with Gasteiger partial charge in [-0.25, -0.2) is 0 Å². The Bertz CT molecular complexity index is 475. The number of hydrogen-bond donors (Lipinski definition) is 1. The number of esters is 1. The monoisotopic (exact) mass is 265 g/mol. The van der Waals surface area contributed by atoms with E-state index in [-0.39, 0.29) is 12.4 Å². The maximum Gasteiger partial charge on any atom is 0.307 e. The minimum Gasteiger partial charge on any atom is -0.486 e. The highest BCUT2D eigenvalue weighted by molar-refractivity contribution is 5.71. The zero-order valence-corrected chi connectivity index (χ0v) is 11.5. The van der Waals surface area contributed by atoms with Crippen molar-refractivity contribution >= 4 is 5.97 Å². The van der Waals surface area contributed by atoms with Gasteiger partial charge in [-0.05, 0) is 31.7 Å². The standard InChI is InChI=1S/C14H19NO4/c1-14(15-2,9-13(16)17-3)10-4-5-11-12(8-10)19-7-6-18-11/h4-5,8,15H,6-7,9H2,1-3H3. The SMILES string of the molecule is CNC(C)(CC(=O)OC)c1ccc2c(c1)OCCO2. The first-order chi connectivity index (χ1) is 9.09. The molecular weight excluding hydrogens is 246 g/mol. The molecule has 1 atom stereocenters. The van der Waals surface area contributed by atoms with Gasteiger partial charge in [0.05, 0.1) is 19.1 Å². The largest absolute Gasteiger partial charge is 0.486 e. The smallest absolute Gasteiger partial charge is 0.307 e. The molecule has 1 aromatic carbocycles. The maximum absolute atomic E-state index is 11.5. The average Bonchev–Trinajstić information content (AvgIpc) is 2.46. The Morgan fingerprint density at radius 3 is 2.68 bits per heavy atom. The van der Waals surface area contributed by atoms with Crippen LogP contribution in [0.4, 0.5) is 0 Å². The molecule has 0 radical (unpaired) electrons. The Balaban J connectivity index is 2.30. The van der Waals surface area contributed by atoms with Gasteiger partial charge in [0, 0.05) is 0 Å². The Hall–Kier alpha value is -1.75. The molecule has 0 bridgehead atoms. The highest BCUT2D eigenvalue weighted by atomic mass is 16.6. The second-order valence-corrected chi connectivity index (χ2v) is 4.69. The summed E-state index contributed by atoms with van der Waals surface area (Å²) in [7, 11) is 3.21. The van der Waals surface area contributed by atoms with Crippen LogP contribution in [0.3, 0.4) is 0 Å². The van der Waals surface area contributed by atoms with E-state index in [0.29, 0.717) is 13.2 Å². The number of benzene rings is 1. The van der Waals surface area contributed by atoms with Crippen LogP contribution < -0.4 is 14.8 Å². The van der Waals surface area contributed by atoms with Gasteiger partial charge in [0.25, 0.3) is 0 Å². The quantitative estimate of drug-likeness (QED) is 0.835. The van der Waals surface area contributed by atoms with Crippen LogP contribution in [0, 0.1) is 0 Å². The van der Waals surface area contributed by atoms with Gasteiger partial charge in [-0.1, -0.05) is 6.07 Å². The molecule has 1 aliphatic heterocycles.